The van der Waals surface area contributed by atoms with Crippen molar-refractivity contribution in [2.75, 3.05) is 19.7 Å². The van der Waals surface area contributed by atoms with Gasteiger partial charge < -0.3 is 9.64 Å². The molecular weight excluding hydrogens is 323 g/mol. The van der Waals surface area contributed by atoms with Crippen LogP contribution in [0.4, 0.5) is 4.39 Å². The summed E-state index contributed by atoms with van der Waals surface area (Å²) in [5, 5.41) is 4.32. The third-order valence-electron chi connectivity index (χ3n) is 4.16. The predicted octanol–water partition coefficient (Wildman–Crippen LogP) is 2.61. The molecule has 1 amide bonds. The molecule has 1 aliphatic rings. The van der Waals surface area contributed by atoms with Crippen molar-refractivity contribution < 1.29 is 13.9 Å². The van der Waals surface area contributed by atoms with Crippen molar-refractivity contribution in [2.24, 2.45) is 0 Å². The zero-order valence-electron chi connectivity index (χ0n) is 14.6. The Hall–Kier alpha value is -2.28. The lowest BCUT2D eigenvalue weighted by Crippen LogP contribution is -2.36. The molecular formula is C18H23FN4O2. The molecule has 1 aromatic carbocycles. The van der Waals surface area contributed by atoms with Crippen LogP contribution in [0, 0.1) is 5.82 Å². The van der Waals surface area contributed by atoms with E-state index in [0.29, 0.717) is 37.6 Å². The smallest absolute Gasteiger partial charge is 0.293 e. The molecule has 134 valence electrons. The first-order valence-corrected chi connectivity index (χ1v) is 8.72. The lowest BCUT2D eigenvalue weighted by molar-refractivity contribution is 0.0556. The fraction of sp³-hybridized carbons (Fsp3) is 0.500. The highest BCUT2D eigenvalue weighted by Gasteiger charge is 2.26. The van der Waals surface area contributed by atoms with E-state index in [1.165, 1.54) is 10.7 Å². The first-order valence-electron chi connectivity index (χ1n) is 8.72. The highest BCUT2D eigenvalue weighted by Crippen LogP contribution is 2.17. The summed E-state index contributed by atoms with van der Waals surface area (Å²) in [5.74, 6) is 0.0845. The molecule has 0 N–H and O–H groups in total. The molecule has 1 aliphatic heterocycles. The fourth-order valence-electron chi connectivity index (χ4n) is 2.96. The van der Waals surface area contributed by atoms with E-state index >= 15 is 0 Å². The topological polar surface area (TPSA) is 60.3 Å². The Morgan fingerprint density at radius 2 is 2.20 bits per heavy atom. The second-order valence-electron chi connectivity index (χ2n) is 6.25. The minimum atomic E-state index is -0.388. The number of carbonyl (C=O) groups is 1. The van der Waals surface area contributed by atoms with Gasteiger partial charge in [0.05, 0.1) is 6.10 Å². The summed E-state index contributed by atoms with van der Waals surface area (Å²) in [4.78, 5) is 18.9. The van der Waals surface area contributed by atoms with E-state index in [1.807, 2.05) is 13.8 Å². The summed E-state index contributed by atoms with van der Waals surface area (Å²) >= 11 is 0. The quantitative estimate of drug-likeness (QED) is 0.854. The molecule has 1 fully saturated rings. The monoisotopic (exact) mass is 346 g/mol. The molecule has 1 saturated heterocycles. The average molecular weight is 346 g/mol. The Kier molecular flexibility index (Phi) is 5.43. The Morgan fingerprint density at radius 1 is 1.40 bits per heavy atom. The zero-order chi connectivity index (χ0) is 17.8. The van der Waals surface area contributed by atoms with Gasteiger partial charge in [-0.1, -0.05) is 19.1 Å². The van der Waals surface area contributed by atoms with Crippen LogP contribution in [-0.4, -0.2) is 51.4 Å². The first-order chi connectivity index (χ1) is 12.1. The van der Waals surface area contributed by atoms with E-state index in [0.717, 1.165) is 12.8 Å². The third kappa shape index (κ3) is 3.87. The molecule has 0 aliphatic carbocycles. The van der Waals surface area contributed by atoms with E-state index in [9.17, 15) is 9.18 Å². The van der Waals surface area contributed by atoms with Crippen LogP contribution in [0.3, 0.4) is 0 Å². The number of para-hydroxylation sites is 1. The minimum absolute atomic E-state index is 0.0183. The van der Waals surface area contributed by atoms with Crippen molar-refractivity contribution in [2.45, 2.75) is 39.2 Å². The molecule has 2 aromatic rings. The second-order valence-corrected chi connectivity index (χ2v) is 6.25. The van der Waals surface area contributed by atoms with Crippen LogP contribution in [-0.2, 0) is 11.2 Å². The molecule has 1 unspecified atom stereocenters. The summed E-state index contributed by atoms with van der Waals surface area (Å²) in [5.41, 5.74) is 0.310. The number of benzene rings is 1. The van der Waals surface area contributed by atoms with Gasteiger partial charge in [0.25, 0.3) is 5.91 Å². The maximum absolute atomic E-state index is 14.2. The second kappa shape index (κ2) is 7.74. The summed E-state index contributed by atoms with van der Waals surface area (Å²) < 4.78 is 21.2. The van der Waals surface area contributed by atoms with Crippen molar-refractivity contribution in [3.8, 4) is 5.69 Å². The van der Waals surface area contributed by atoms with Gasteiger partial charge in [-0.05, 0) is 31.9 Å². The van der Waals surface area contributed by atoms with Gasteiger partial charge in [-0.3, -0.25) is 4.79 Å². The van der Waals surface area contributed by atoms with Gasteiger partial charge in [-0.15, -0.1) is 5.10 Å². The molecule has 6 nitrogen and oxygen atoms in total. The van der Waals surface area contributed by atoms with Crippen LogP contribution in [0.15, 0.2) is 24.3 Å². The molecule has 1 atom stereocenters. The highest BCUT2D eigenvalue weighted by atomic mass is 19.1. The van der Waals surface area contributed by atoms with Crippen molar-refractivity contribution in [3.63, 3.8) is 0 Å². The Bertz CT molecular complexity index is 746. The molecule has 25 heavy (non-hydrogen) atoms. The molecule has 3 rings (SSSR count). The Balaban J connectivity index is 1.93. The van der Waals surface area contributed by atoms with Gasteiger partial charge in [-0.2, -0.15) is 0 Å². The molecule has 7 heteroatoms. The largest absolute Gasteiger partial charge is 0.377 e. The molecule has 0 spiro atoms. The number of aryl methyl sites for hydroxylation is 1. The maximum atomic E-state index is 14.2. The first kappa shape index (κ1) is 17.5. The van der Waals surface area contributed by atoms with Gasteiger partial charge in [0.15, 0.2) is 0 Å². The van der Waals surface area contributed by atoms with Crippen molar-refractivity contribution in [1.82, 2.24) is 19.7 Å². The van der Waals surface area contributed by atoms with Crippen molar-refractivity contribution in [1.29, 1.82) is 0 Å². The van der Waals surface area contributed by atoms with E-state index in [1.54, 1.807) is 23.1 Å². The third-order valence-corrected chi connectivity index (χ3v) is 4.16. The van der Waals surface area contributed by atoms with E-state index in [-0.39, 0.29) is 23.7 Å². The SMILES string of the molecule is CCCc1nc(C(=O)N2CCCOC(C)C2)nn1-c1ccccc1F. The van der Waals surface area contributed by atoms with E-state index in [4.69, 9.17) is 4.74 Å². The summed E-state index contributed by atoms with van der Waals surface area (Å²) in [6.07, 6.45) is 2.21. The Labute approximate surface area is 146 Å². The minimum Gasteiger partial charge on any atom is -0.377 e. The lowest BCUT2D eigenvalue weighted by atomic mass is 10.3. The van der Waals surface area contributed by atoms with Crippen LogP contribution in [0.5, 0.6) is 0 Å². The zero-order valence-corrected chi connectivity index (χ0v) is 14.6. The number of carbonyl (C=O) groups excluding carboxylic acids is 1. The van der Waals surface area contributed by atoms with E-state index < -0.39 is 0 Å². The van der Waals surface area contributed by atoms with Crippen LogP contribution < -0.4 is 0 Å². The molecule has 0 bridgehead atoms. The maximum Gasteiger partial charge on any atom is 0.293 e. The number of ether oxygens (including phenoxy) is 1. The van der Waals surface area contributed by atoms with E-state index in [2.05, 4.69) is 10.1 Å². The molecule has 0 saturated carbocycles. The number of nitrogens with zero attached hydrogens (tertiary/aromatic N) is 4. The van der Waals surface area contributed by atoms with Crippen molar-refractivity contribution >= 4 is 5.91 Å². The molecule has 2 heterocycles. The standard InChI is InChI=1S/C18H23FN4O2/c1-3-7-16-20-17(18(24)22-10-6-11-25-13(2)12-22)21-23(16)15-9-5-4-8-14(15)19/h4-5,8-9,13H,3,6-7,10-12H2,1-2H3. The van der Waals surface area contributed by atoms with Gasteiger partial charge in [-0.25, -0.2) is 14.1 Å². The normalized spacial score (nSPS) is 18.2. The molecule has 0 radical (unpaired) electrons. The van der Waals surface area contributed by atoms with Crippen LogP contribution >= 0.6 is 0 Å². The number of aromatic nitrogens is 3. The van der Waals surface area contributed by atoms with Gasteiger partial charge in [0.2, 0.25) is 5.82 Å². The number of hydrogen-bond acceptors (Lipinski definition) is 4. The highest BCUT2D eigenvalue weighted by molar-refractivity contribution is 5.90. The number of rotatable bonds is 4. The van der Waals surface area contributed by atoms with Crippen molar-refractivity contribution in [3.05, 3.63) is 41.7 Å². The lowest BCUT2D eigenvalue weighted by Gasteiger charge is -2.20. The predicted molar refractivity (Wildman–Crippen MR) is 91.2 cm³/mol. The fourth-order valence-corrected chi connectivity index (χ4v) is 2.96. The average Bonchev–Trinajstić information content (AvgIpc) is 2.88. The van der Waals surface area contributed by atoms with Crippen LogP contribution in [0.1, 0.15) is 43.1 Å². The van der Waals surface area contributed by atoms with Crippen LogP contribution in [0.2, 0.25) is 0 Å². The molecule has 1 aromatic heterocycles. The van der Waals surface area contributed by atoms with Gasteiger partial charge in [0.1, 0.15) is 17.3 Å². The Morgan fingerprint density at radius 3 is 2.96 bits per heavy atom. The van der Waals surface area contributed by atoms with Gasteiger partial charge >= 0.3 is 0 Å². The number of halogens is 1. The number of hydrogen-bond donors (Lipinski definition) is 0. The van der Waals surface area contributed by atoms with Crippen LogP contribution in [0.25, 0.3) is 5.69 Å². The van der Waals surface area contributed by atoms with Gasteiger partial charge in [0, 0.05) is 26.1 Å². The summed E-state index contributed by atoms with van der Waals surface area (Å²) in [6, 6.07) is 6.38. The number of amides is 1. The summed E-state index contributed by atoms with van der Waals surface area (Å²) in [6.45, 7) is 5.72. The summed E-state index contributed by atoms with van der Waals surface area (Å²) in [7, 11) is 0.